The molecule has 4 rings (SSSR count). The normalized spacial score (nSPS) is 16.2. The zero-order valence-electron chi connectivity index (χ0n) is 18.9. The lowest BCUT2D eigenvalue weighted by Gasteiger charge is -2.26. The highest BCUT2D eigenvalue weighted by molar-refractivity contribution is 7.99. The summed E-state index contributed by atoms with van der Waals surface area (Å²) < 4.78 is 7.90. The van der Waals surface area contributed by atoms with E-state index >= 15 is 0 Å². The summed E-state index contributed by atoms with van der Waals surface area (Å²) in [5, 5.41) is 1.60. The second-order valence-corrected chi connectivity index (χ2v) is 10.9. The second kappa shape index (κ2) is 9.88. The summed E-state index contributed by atoms with van der Waals surface area (Å²) in [7, 11) is 0. The number of aromatic nitrogens is 2. The van der Waals surface area contributed by atoms with E-state index < -0.39 is 0 Å². The molecule has 0 N–H and O–H groups in total. The summed E-state index contributed by atoms with van der Waals surface area (Å²) in [5.74, 6) is 1.40. The van der Waals surface area contributed by atoms with Gasteiger partial charge in [-0.05, 0) is 37.0 Å². The van der Waals surface area contributed by atoms with Gasteiger partial charge in [-0.25, -0.2) is 4.98 Å². The van der Waals surface area contributed by atoms with E-state index in [-0.39, 0.29) is 11.7 Å². The molecule has 31 heavy (non-hydrogen) atoms. The number of unbranched alkanes of at least 4 members (excludes halogenated alkanes) is 3. The molecule has 0 unspecified atom stereocenters. The molecule has 6 heteroatoms. The molecule has 0 aliphatic carbocycles. The summed E-state index contributed by atoms with van der Waals surface area (Å²) in [4.78, 5) is 20.9. The number of benzene rings is 1. The Morgan fingerprint density at radius 1 is 1.23 bits per heavy atom. The fourth-order valence-electron chi connectivity index (χ4n) is 4.05. The Morgan fingerprint density at radius 3 is 2.71 bits per heavy atom. The maximum absolute atomic E-state index is 13.9. The van der Waals surface area contributed by atoms with Crippen molar-refractivity contribution in [1.29, 1.82) is 0 Å². The van der Waals surface area contributed by atoms with Gasteiger partial charge in [0, 0.05) is 17.1 Å². The molecule has 3 aromatic rings. The molecule has 0 fully saturated rings. The van der Waals surface area contributed by atoms with E-state index in [9.17, 15) is 4.79 Å². The zero-order valence-corrected chi connectivity index (χ0v) is 20.6. The summed E-state index contributed by atoms with van der Waals surface area (Å²) in [6.45, 7) is 9.24. The van der Waals surface area contributed by atoms with Crippen molar-refractivity contribution in [3.05, 3.63) is 50.6 Å². The summed E-state index contributed by atoms with van der Waals surface area (Å²) in [6, 6.07) is 8.19. The van der Waals surface area contributed by atoms with Crippen LogP contribution in [0.2, 0.25) is 0 Å². The van der Waals surface area contributed by atoms with Crippen LogP contribution in [-0.2, 0) is 17.8 Å². The Balaban J connectivity index is 1.79. The molecule has 166 valence electrons. The first-order valence-electron chi connectivity index (χ1n) is 11.4. The summed E-state index contributed by atoms with van der Waals surface area (Å²) >= 11 is 3.34. The number of ether oxygens (including phenoxy) is 1. The third-order valence-electron chi connectivity index (χ3n) is 5.98. The van der Waals surface area contributed by atoms with Gasteiger partial charge in [-0.15, -0.1) is 11.3 Å². The number of hydrogen-bond acceptors (Lipinski definition) is 5. The quantitative estimate of drug-likeness (QED) is 0.220. The molecule has 1 aliphatic rings. The molecule has 0 radical (unpaired) electrons. The van der Waals surface area contributed by atoms with Crippen molar-refractivity contribution in [2.75, 3.05) is 5.75 Å². The predicted molar refractivity (Wildman–Crippen MR) is 132 cm³/mol. The van der Waals surface area contributed by atoms with Crippen LogP contribution in [0.1, 0.15) is 62.5 Å². The van der Waals surface area contributed by atoms with Crippen molar-refractivity contribution >= 4 is 33.3 Å². The van der Waals surface area contributed by atoms with Crippen LogP contribution in [0.15, 0.2) is 34.2 Å². The van der Waals surface area contributed by atoms with Crippen molar-refractivity contribution in [1.82, 2.24) is 9.55 Å². The predicted octanol–water partition coefficient (Wildman–Crippen LogP) is 6.53. The molecule has 2 aromatic heterocycles. The van der Waals surface area contributed by atoms with E-state index in [2.05, 4.69) is 39.8 Å². The molecular weight excluding hydrogens is 424 g/mol. The van der Waals surface area contributed by atoms with E-state index in [0.29, 0.717) is 12.5 Å². The first-order chi connectivity index (χ1) is 15.0. The summed E-state index contributed by atoms with van der Waals surface area (Å²) in [6.07, 6.45) is 5.80. The fourth-order valence-corrected chi connectivity index (χ4v) is 6.22. The largest absolute Gasteiger partial charge is 0.372 e. The average molecular weight is 457 g/mol. The van der Waals surface area contributed by atoms with Crippen molar-refractivity contribution in [2.45, 2.75) is 77.7 Å². The lowest BCUT2D eigenvalue weighted by molar-refractivity contribution is 0.00200. The van der Waals surface area contributed by atoms with Gasteiger partial charge in [0.1, 0.15) is 4.83 Å². The van der Waals surface area contributed by atoms with Gasteiger partial charge in [0.25, 0.3) is 5.56 Å². The lowest BCUT2D eigenvalue weighted by Crippen LogP contribution is -2.28. The van der Waals surface area contributed by atoms with E-state index in [1.165, 1.54) is 24.8 Å². The average Bonchev–Trinajstić information content (AvgIpc) is 3.12. The van der Waals surface area contributed by atoms with Crippen LogP contribution in [-0.4, -0.2) is 21.4 Å². The number of thiophene rings is 1. The van der Waals surface area contributed by atoms with Crippen LogP contribution < -0.4 is 5.56 Å². The van der Waals surface area contributed by atoms with Crippen LogP contribution in [0, 0.1) is 12.8 Å². The van der Waals surface area contributed by atoms with Gasteiger partial charge >= 0.3 is 0 Å². The first-order valence-corrected chi connectivity index (χ1v) is 13.2. The van der Waals surface area contributed by atoms with Gasteiger partial charge in [-0.3, -0.25) is 9.36 Å². The minimum Gasteiger partial charge on any atom is -0.372 e. The number of nitrogens with zero attached hydrogens (tertiary/aromatic N) is 2. The van der Waals surface area contributed by atoms with Crippen LogP contribution in [0.25, 0.3) is 15.9 Å². The van der Waals surface area contributed by atoms with Crippen LogP contribution >= 0.6 is 23.1 Å². The molecule has 0 bridgehead atoms. The van der Waals surface area contributed by atoms with Gasteiger partial charge < -0.3 is 4.74 Å². The van der Waals surface area contributed by atoms with Gasteiger partial charge in [-0.2, -0.15) is 0 Å². The van der Waals surface area contributed by atoms with Gasteiger partial charge in [0.05, 0.1) is 23.8 Å². The molecule has 3 heterocycles. The lowest BCUT2D eigenvalue weighted by atomic mass is 9.96. The molecule has 1 aliphatic heterocycles. The molecule has 0 amide bonds. The maximum atomic E-state index is 13.9. The molecule has 1 atom stereocenters. The van der Waals surface area contributed by atoms with E-state index in [1.54, 1.807) is 23.1 Å². The smallest absolute Gasteiger partial charge is 0.267 e. The van der Waals surface area contributed by atoms with Crippen molar-refractivity contribution in [3.63, 3.8) is 0 Å². The number of thioether (sulfide) groups is 1. The highest BCUT2D eigenvalue weighted by Crippen LogP contribution is 2.36. The topological polar surface area (TPSA) is 44.1 Å². The number of rotatable bonds is 8. The van der Waals surface area contributed by atoms with Crippen LogP contribution in [0.3, 0.4) is 0 Å². The Kier molecular flexibility index (Phi) is 7.19. The third-order valence-corrected chi connectivity index (χ3v) is 8.10. The monoisotopic (exact) mass is 456 g/mol. The minimum absolute atomic E-state index is 0.0619. The number of fused-ring (bicyclic) bond motifs is 3. The summed E-state index contributed by atoms with van der Waals surface area (Å²) in [5.41, 5.74) is 3.30. The Labute approximate surface area is 193 Å². The zero-order chi connectivity index (χ0) is 22.0. The number of hydrogen-bond donors (Lipinski definition) is 0. The van der Waals surface area contributed by atoms with Crippen molar-refractivity contribution in [2.24, 2.45) is 5.92 Å². The third kappa shape index (κ3) is 4.76. The highest BCUT2D eigenvalue weighted by atomic mass is 32.2. The standard InChI is InChI=1S/C25H32N2O2S2/c1-5-6-7-8-13-30-25-26-23-22(19-14-20(16(2)3)29-15-21(19)31-23)24(28)27(25)18-11-9-17(4)10-12-18/h9-12,16,20H,5-8,13-15H2,1-4H3/t20-/m1/s1. The van der Waals surface area contributed by atoms with Crippen molar-refractivity contribution < 1.29 is 4.74 Å². The SMILES string of the molecule is CCCCCCSc1nc2sc3c(c2c(=O)n1-c1ccc(C)cc1)C[C@H](C(C)C)OC3. The molecule has 4 nitrogen and oxygen atoms in total. The Hall–Kier alpha value is -1.63. The van der Waals surface area contributed by atoms with E-state index in [1.807, 2.05) is 16.7 Å². The Bertz CT molecular complexity index is 1100. The molecule has 0 saturated heterocycles. The maximum Gasteiger partial charge on any atom is 0.267 e. The highest BCUT2D eigenvalue weighted by Gasteiger charge is 2.28. The van der Waals surface area contributed by atoms with Crippen LogP contribution in [0.5, 0.6) is 0 Å². The molecule has 1 aromatic carbocycles. The molecular formula is C25H32N2O2S2. The molecule has 0 spiro atoms. The van der Waals surface area contributed by atoms with Crippen LogP contribution in [0.4, 0.5) is 0 Å². The minimum atomic E-state index is 0.0619. The van der Waals surface area contributed by atoms with Gasteiger partial charge in [0.2, 0.25) is 0 Å². The molecule has 0 saturated carbocycles. The fraction of sp³-hybridized carbons (Fsp3) is 0.520. The first kappa shape index (κ1) is 22.6. The van der Waals surface area contributed by atoms with Crippen molar-refractivity contribution in [3.8, 4) is 5.69 Å². The van der Waals surface area contributed by atoms with Gasteiger partial charge in [-0.1, -0.05) is 69.5 Å². The van der Waals surface area contributed by atoms with E-state index in [4.69, 9.17) is 9.72 Å². The van der Waals surface area contributed by atoms with Gasteiger partial charge in [0.15, 0.2) is 5.16 Å². The van der Waals surface area contributed by atoms with E-state index in [0.717, 1.165) is 50.1 Å². The second-order valence-electron chi connectivity index (χ2n) is 8.76. The number of aryl methyl sites for hydroxylation is 1. The Morgan fingerprint density at radius 2 is 2.00 bits per heavy atom.